The Morgan fingerprint density at radius 3 is 2.73 bits per heavy atom. The number of rotatable bonds is 5. The summed E-state index contributed by atoms with van der Waals surface area (Å²) in [7, 11) is 1.64. The molecule has 2 N–H and O–H groups in total. The van der Waals surface area contributed by atoms with Crippen LogP contribution in [0.5, 0.6) is 5.75 Å². The van der Waals surface area contributed by atoms with E-state index in [1.165, 1.54) is 23.0 Å². The van der Waals surface area contributed by atoms with Gasteiger partial charge in [-0.05, 0) is 30.7 Å². The second kappa shape index (κ2) is 7.76. The molecular formula is C17H18ClN3O5. The molecule has 2 heterocycles. The number of carboxylic acid groups (broad SMARTS) is 1. The number of carbonyl (C=O) groups is 2. The molecular weight excluding hydrogens is 362 g/mol. The van der Waals surface area contributed by atoms with Crippen LogP contribution in [0, 0.1) is 0 Å². The van der Waals surface area contributed by atoms with Gasteiger partial charge in [0.1, 0.15) is 17.5 Å². The molecule has 0 aliphatic carbocycles. The molecule has 0 unspecified atom stereocenters. The molecule has 8 nitrogen and oxygen atoms in total. The number of aromatic carboxylic acids is 1. The fraction of sp³-hybridized carbons (Fsp3) is 0.353. The van der Waals surface area contributed by atoms with Crippen LogP contribution in [0.15, 0.2) is 30.5 Å². The first-order valence-electron chi connectivity index (χ1n) is 8.02. The number of nitrogens with zero attached hydrogens (tertiary/aromatic N) is 2. The lowest BCUT2D eigenvalue weighted by atomic mass is 10.1. The van der Waals surface area contributed by atoms with Gasteiger partial charge in [-0.3, -0.25) is 9.48 Å². The molecule has 26 heavy (non-hydrogen) atoms. The Balaban J connectivity index is 1.69. The molecule has 1 amide bonds. The molecule has 1 aliphatic rings. The molecule has 1 fully saturated rings. The topological polar surface area (TPSA) is 103 Å². The number of hydrogen-bond acceptors (Lipinski definition) is 5. The highest BCUT2D eigenvalue weighted by atomic mass is 35.5. The number of nitrogens with one attached hydrogen (secondary N) is 1. The minimum absolute atomic E-state index is 0.174. The fourth-order valence-electron chi connectivity index (χ4n) is 2.75. The van der Waals surface area contributed by atoms with E-state index in [9.17, 15) is 9.59 Å². The van der Waals surface area contributed by atoms with E-state index in [0.717, 1.165) is 0 Å². The highest BCUT2D eigenvalue weighted by Gasteiger charge is 2.30. The number of aryl methyl sites for hydroxylation is 1. The van der Waals surface area contributed by atoms with E-state index >= 15 is 0 Å². The van der Waals surface area contributed by atoms with Gasteiger partial charge in [0.25, 0.3) is 5.91 Å². The normalized spacial score (nSPS) is 19.8. The van der Waals surface area contributed by atoms with Gasteiger partial charge >= 0.3 is 5.97 Å². The zero-order chi connectivity index (χ0) is 18.7. The van der Waals surface area contributed by atoms with Gasteiger partial charge < -0.3 is 19.9 Å². The van der Waals surface area contributed by atoms with Crippen molar-refractivity contribution in [3.05, 3.63) is 46.7 Å². The van der Waals surface area contributed by atoms with Crippen LogP contribution in [-0.4, -0.2) is 52.1 Å². The molecule has 138 valence electrons. The van der Waals surface area contributed by atoms with E-state index in [4.69, 9.17) is 26.2 Å². The predicted octanol–water partition coefficient (Wildman–Crippen LogP) is 1.74. The molecule has 3 rings (SSSR count). The summed E-state index contributed by atoms with van der Waals surface area (Å²) >= 11 is 6.02. The zero-order valence-corrected chi connectivity index (χ0v) is 14.8. The number of hydrogen-bond donors (Lipinski definition) is 2. The number of aromatic nitrogens is 2. The highest BCUT2D eigenvalue weighted by molar-refractivity contribution is 6.33. The van der Waals surface area contributed by atoms with Crippen molar-refractivity contribution < 1.29 is 24.2 Å². The maximum Gasteiger partial charge on any atom is 0.335 e. The summed E-state index contributed by atoms with van der Waals surface area (Å²) in [5.41, 5.74) is 0.454. The molecule has 1 aromatic heterocycles. The Morgan fingerprint density at radius 2 is 2.12 bits per heavy atom. The van der Waals surface area contributed by atoms with E-state index in [1.807, 2.05) is 0 Å². The van der Waals surface area contributed by atoms with E-state index in [1.54, 1.807) is 19.2 Å². The van der Waals surface area contributed by atoms with Gasteiger partial charge in [-0.15, -0.1) is 0 Å². The first-order valence-corrected chi connectivity index (χ1v) is 8.39. The lowest BCUT2D eigenvalue weighted by Crippen LogP contribution is -2.51. The number of halogens is 1. The third-order valence-corrected chi connectivity index (χ3v) is 4.40. The van der Waals surface area contributed by atoms with E-state index in [2.05, 4.69) is 10.4 Å². The molecule has 1 saturated heterocycles. The average molecular weight is 380 g/mol. The van der Waals surface area contributed by atoms with Gasteiger partial charge in [-0.2, -0.15) is 5.10 Å². The summed E-state index contributed by atoms with van der Waals surface area (Å²) in [6, 6.07) is 5.81. The van der Waals surface area contributed by atoms with Crippen LogP contribution in [0.4, 0.5) is 0 Å². The second-order valence-electron chi connectivity index (χ2n) is 5.89. The summed E-state index contributed by atoms with van der Waals surface area (Å²) in [6.07, 6.45) is 1.59. The summed E-state index contributed by atoms with van der Waals surface area (Å²) in [5.74, 6) is -0.837. The van der Waals surface area contributed by atoms with Crippen LogP contribution in [0.25, 0.3) is 0 Å². The lowest BCUT2D eigenvalue weighted by Gasteiger charge is -2.32. The Hall–Kier alpha value is -2.58. The molecule has 0 saturated carbocycles. The number of carboxylic acids is 1. The fourth-order valence-corrected chi connectivity index (χ4v) is 3.00. The summed E-state index contributed by atoms with van der Waals surface area (Å²) in [5, 5.41) is 16.1. The van der Waals surface area contributed by atoms with Crippen LogP contribution in [0.2, 0.25) is 5.02 Å². The van der Waals surface area contributed by atoms with Crippen LogP contribution >= 0.6 is 11.6 Å². The summed E-state index contributed by atoms with van der Waals surface area (Å²) in [4.78, 5) is 23.4. The molecule has 0 radical (unpaired) electrons. The van der Waals surface area contributed by atoms with Crippen molar-refractivity contribution in [3.8, 4) is 5.75 Å². The Kier molecular flexibility index (Phi) is 5.43. The third-order valence-electron chi connectivity index (χ3n) is 4.12. The minimum Gasteiger partial charge on any atom is -0.486 e. The largest absolute Gasteiger partial charge is 0.486 e. The number of carbonyl (C=O) groups excluding carboxylic acids is 1. The van der Waals surface area contributed by atoms with Crippen molar-refractivity contribution in [3.63, 3.8) is 0 Å². The molecule has 0 bridgehead atoms. The maximum atomic E-state index is 12.5. The second-order valence-corrected chi connectivity index (χ2v) is 6.30. The lowest BCUT2D eigenvalue weighted by molar-refractivity contribution is -0.0136. The SMILES string of the molecule is Cn1ncc(Cl)c1C(=O)N[C@@H]1CCOC[C@H]1Oc1ccc(C(=O)O)cc1. The van der Waals surface area contributed by atoms with Crippen molar-refractivity contribution in [1.29, 1.82) is 0 Å². The first kappa shape index (κ1) is 18.2. The molecule has 2 aromatic rings. The van der Waals surface area contributed by atoms with E-state index in [-0.39, 0.29) is 28.2 Å². The smallest absolute Gasteiger partial charge is 0.335 e. The minimum atomic E-state index is -1.00. The molecule has 0 spiro atoms. The van der Waals surface area contributed by atoms with Crippen LogP contribution < -0.4 is 10.1 Å². The number of amides is 1. The summed E-state index contributed by atoms with van der Waals surface area (Å²) < 4.78 is 12.8. The van der Waals surface area contributed by atoms with Crippen LogP contribution in [0.3, 0.4) is 0 Å². The Bertz CT molecular complexity index is 786. The van der Waals surface area contributed by atoms with Gasteiger partial charge in [-0.1, -0.05) is 11.6 Å². The predicted molar refractivity (Wildman–Crippen MR) is 92.7 cm³/mol. The van der Waals surface area contributed by atoms with Crippen molar-refractivity contribution >= 4 is 23.5 Å². The van der Waals surface area contributed by atoms with Crippen LogP contribution in [-0.2, 0) is 11.8 Å². The molecule has 1 aromatic carbocycles. The Labute approximate surface area is 154 Å². The van der Waals surface area contributed by atoms with E-state index in [0.29, 0.717) is 25.4 Å². The number of benzene rings is 1. The molecule has 2 atom stereocenters. The quantitative estimate of drug-likeness (QED) is 0.820. The van der Waals surface area contributed by atoms with E-state index < -0.39 is 12.1 Å². The van der Waals surface area contributed by atoms with Gasteiger partial charge in [0, 0.05) is 13.7 Å². The zero-order valence-electron chi connectivity index (χ0n) is 14.0. The molecule has 1 aliphatic heterocycles. The maximum absolute atomic E-state index is 12.5. The third kappa shape index (κ3) is 3.97. The number of ether oxygens (including phenoxy) is 2. The highest BCUT2D eigenvalue weighted by Crippen LogP contribution is 2.20. The van der Waals surface area contributed by atoms with Crippen molar-refractivity contribution in [2.45, 2.75) is 18.6 Å². The van der Waals surface area contributed by atoms with Gasteiger partial charge in [-0.25, -0.2) is 4.79 Å². The Morgan fingerprint density at radius 1 is 1.38 bits per heavy atom. The van der Waals surface area contributed by atoms with Crippen molar-refractivity contribution in [2.24, 2.45) is 7.05 Å². The van der Waals surface area contributed by atoms with Crippen molar-refractivity contribution in [1.82, 2.24) is 15.1 Å². The van der Waals surface area contributed by atoms with Gasteiger partial charge in [0.15, 0.2) is 0 Å². The van der Waals surface area contributed by atoms with Gasteiger partial charge in [0.05, 0.1) is 29.4 Å². The van der Waals surface area contributed by atoms with Crippen LogP contribution in [0.1, 0.15) is 27.3 Å². The monoisotopic (exact) mass is 379 g/mol. The average Bonchev–Trinajstić information content (AvgIpc) is 2.95. The van der Waals surface area contributed by atoms with Crippen molar-refractivity contribution in [2.75, 3.05) is 13.2 Å². The summed E-state index contributed by atoms with van der Waals surface area (Å²) in [6.45, 7) is 0.812. The molecule has 9 heteroatoms. The standard InChI is InChI=1S/C17H18ClN3O5/c1-21-15(12(18)8-19-21)16(22)20-13-6-7-25-9-14(13)26-11-4-2-10(3-5-11)17(23)24/h2-5,8,13-14H,6-7,9H2,1H3,(H,20,22)(H,23,24)/t13-,14-/m1/s1. The first-order chi connectivity index (χ1) is 12.5. The van der Waals surface area contributed by atoms with Gasteiger partial charge in [0.2, 0.25) is 0 Å².